The standard InChI is InChI=1S/C19H23N3O2/c1-3-17-20-12-16(19(23)21-11-15-8-5-9-24-15)18(22-17)14-7-4-6-13(2)10-14/h4,6-7,10,12,15H,3,5,8-9,11H2,1-2H3,(H,21,23)/t15-/m1/s1. The molecule has 1 amide bonds. The molecular formula is C19H23N3O2. The molecule has 1 saturated heterocycles. The number of rotatable bonds is 5. The Bertz CT molecular complexity index is 724. The van der Waals surface area contributed by atoms with Crippen LogP contribution in [0.4, 0.5) is 0 Å². The van der Waals surface area contributed by atoms with Gasteiger partial charge in [0.25, 0.3) is 5.91 Å². The van der Waals surface area contributed by atoms with Gasteiger partial charge in [-0.1, -0.05) is 30.7 Å². The second kappa shape index (κ2) is 7.53. The highest BCUT2D eigenvalue weighted by Gasteiger charge is 2.20. The van der Waals surface area contributed by atoms with E-state index >= 15 is 0 Å². The van der Waals surface area contributed by atoms with Gasteiger partial charge in [-0.15, -0.1) is 0 Å². The molecule has 126 valence electrons. The number of carbonyl (C=O) groups is 1. The molecule has 0 unspecified atom stereocenters. The monoisotopic (exact) mass is 325 g/mol. The first-order valence-electron chi connectivity index (χ1n) is 8.50. The molecule has 0 bridgehead atoms. The summed E-state index contributed by atoms with van der Waals surface area (Å²) in [5, 5.41) is 2.96. The summed E-state index contributed by atoms with van der Waals surface area (Å²) in [6, 6.07) is 8.03. The maximum Gasteiger partial charge on any atom is 0.255 e. The van der Waals surface area contributed by atoms with Gasteiger partial charge in [0, 0.05) is 31.3 Å². The van der Waals surface area contributed by atoms with Crippen molar-refractivity contribution in [2.75, 3.05) is 13.2 Å². The zero-order chi connectivity index (χ0) is 16.9. The number of aryl methyl sites for hydroxylation is 2. The van der Waals surface area contributed by atoms with Crippen LogP contribution in [0.3, 0.4) is 0 Å². The third-order valence-electron chi connectivity index (χ3n) is 4.21. The Balaban J connectivity index is 1.87. The van der Waals surface area contributed by atoms with Crippen LogP contribution >= 0.6 is 0 Å². The van der Waals surface area contributed by atoms with Crippen LogP contribution in [0.15, 0.2) is 30.5 Å². The van der Waals surface area contributed by atoms with Gasteiger partial charge in [-0.25, -0.2) is 9.97 Å². The average Bonchev–Trinajstić information content (AvgIpc) is 3.12. The lowest BCUT2D eigenvalue weighted by molar-refractivity contribution is 0.0857. The summed E-state index contributed by atoms with van der Waals surface area (Å²) in [7, 11) is 0. The normalized spacial score (nSPS) is 17.0. The van der Waals surface area contributed by atoms with Gasteiger partial charge in [-0.3, -0.25) is 4.79 Å². The first-order valence-corrected chi connectivity index (χ1v) is 8.50. The topological polar surface area (TPSA) is 64.1 Å². The summed E-state index contributed by atoms with van der Waals surface area (Å²) in [6.07, 6.45) is 4.54. The van der Waals surface area contributed by atoms with Gasteiger partial charge >= 0.3 is 0 Å². The van der Waals surface area contributed by atoms with Gasteiger partial charge in [-0.05, 0) is 25.8 Å². The number of hydrogen-bond donors (Lipinski definition) is 1. The number of ether oxygens (including phenoxy) is 1. The molecule has 1 N–H and O–H groups in total. The largest absolute Gasteiger partial charge is 0.376 e. The Morgan fingerprint density at radius 2 is 2.29 bits per heavy atom. The van der Waals surface area contributed by atoms with E-state index in [1.807, 2.05) is 38.1 Å². The fourth-order valence-electron chi connectivity index (χ4n) is 2.87. The van der Waals surface area contributed by atoms with E-state index in [1.165, 1.54) is 0 Å². The summed E-state index contributed by atoms with van der Waals surface area (Å²) in [5.41, 5.74) is 3.27. The Morgan fingerprint density at radius 1 is 1.42 bits per heavy atom. The van der Waals surface area contributed by atoms with Crippen molar-refractivity contribution in [3.63, 3.8) is 0 Å². The third kappa shape index (κ3) is 3.79. The Hall–Kier alpha value is -2.27. The summed E-state index contributed by atoms with van der Waals surface area (Å²) in [4.78, 5) is 21.5. The lowest BCUT2D eigenvalue weighted by Crippen LogP contribution is -2.32. The fourth-order valence-corrected chi connectivity index (χ4v) is 2.87. The highest BCUT2D eigenvalue weighted by molar-refractivity contribution is 5.99. The smallest absolute Gasteiger partial charge is 0.255 e. The predicted molar refractivity (Wildman–Crippen MR) is 92.9 cm³/mol. The van der Waals surface area contributed by atoms with E-state index in [-0.39, 0.29) is 12.0 Å². The molecule has 1 aromatic carbocycles. The lowest BCUT2D eigenvalue weighted by atomic mass is 10.0. The predicted octanol–water partition coefficient (Wildman–Crippen LogP) is 2.92. The molecule has 0 saturated carbocycles. The third-order valence-corrected chi connectivity index (χ3v) is 4.21. The van der Waals surface area contributed by atoms with Crippen molar-refractivity contribution < 1.29 is 9.53 Å². The maximum absolute atomic E-state index is 12.6. The second-order valence-corrected chi connectivity index (χ2v) is 6.12. The van der Waals surface area contributed by atoms with E-state index in [2.05, 4.69) is 15.3 Å². The van der Waals surface area contributed by atoms with Gasteiger partial charge < -0.3 is 10.1 Å². The van der Waals surface area contributed by atoms with Crippen LogP contribution < -0.4 is 5.32 Å². The van der Waals surface area contributed by atoms with Crippen molar-refractivity contribution in [2.24, 2.45) is 0 Å². The van der Waals surface area contributed by atoms with Crippen LogP contribution in [-0.4, -0.2) is 35.1 Å². The van der Waals surface area contributed by atoms with Crippen molar-refractivity contribution in [3.05, 3.63) is 47.4 Å². The molecule has 2 aromatic rings. The van der Waals surface area contributed by atoms with Gasteiger partial charge in [0.05, 0.1) is 17.4 Å². The zero-order valence-corrected chi connectivity index (χ0v) is 14.2. The van der Waals surface area contributed by atoms with Crippen molar-refractivity contribution in [2.45, 2.75) is 39.2 Å². The molecule has 5 heteroatoms. The van der Waals surface area contributed by atoms with E-state index in [1.54, 1.807) is 6.20 Å². The van der Waals surface area contributed by atoms with Crippen molar-refractivity contribution >= 4 is 5.91 Å². The van der Waals surface area contributed by atoms with Crippen molar-refractivity contribution in [1.29, 1.82) is 0 Å². The molecule has 0 radical (unpaired) electrons. The minimum Gasteiger partial charge on any atom is -0.376 e. The van der Waals surface area contributed by atoms with Gasteiger partial charge in [0.1, 0.15) is 5.82 Å². The quantitative estimate of drug-likeness (QED) is 0.918. The number of hydrogen-bond acceptors (Lipinski definition) is 4. The first-order chi connectivity index (χ1) is 11.7. The zero-order valence-electron chi connectivity index (χ0n) is 14.2. The molecule has 24 heavy (non-hydrogen) atoms. The molecule has 1 atom stereocenters. The number of benzene rings is 1. The second-order valence-electron chi connectivity index (χ2n) is 6.12. The van der Waals surface area contributed by atoms with Gasteiger partial charge in [0.2, 0.25) is 0 Å². The number of amides is 1. The van der Waals surface area contributed by atoms with Crippen LogP contribution in [0.1, 0.15) is 41.5 Å². The van der Waals surface area contributed by atoms with Gasteiger partial charge in [0.15, 0.2) is 0 Å². The molecule has 2 heterocycles. The van der Waals surface area contributed by atoms with Crippen LogP contribution in [0.25, 0.3) is 11.3 Å². The molecule has 1 aliphatic rings. The molecule has 1 aromatic heterocycles. The van der Waals surface area contributed by atoms with E-state index in [9.17, 15) is 4.79 Å². The maximum atomic E-state index is 12.6. The molecule has 1 fully saturated rings. The average molecular weight is 325 g/mol. The Labute approximate surface area is 142 Å². The summed E-state index contributed by atoms with van der Waals surface area (Å²) in [6.45, 7) is 5.35. The van der Waals surface area contributed by atoms with E-state index in [0.717, 1.165) is 42.8 Å². The number of carbonyl (C=O) groups excluding carboxylic acids is 1. The molecule has 0 spiro atoms. The van der Waals surface area contributed by atoms with E-state index < -0.39 is 0 Å². The number of aromatic nitrogens is 2. The molecule has 1 aliphatic heterocycles. The summed E-state index contributed by atoms with van der Waals surface area (Å²) < 4.78 is 5.56. The minimum atomic E-state index is -0.148. The number of nitrogens with one attached hydrogen (secondary N) is 1. The highest BCUT2D eigenvalue weighted by Crippen LogP contribution is 2.22. The SMILES string of the molecule is CCc1ncc(C(=O)NC[C@H]2CCCO2)c(-c2cccc(C)c2)n1. The Kier molecular flexibility index (Phi) is 5.20. The number of nitrogens with zero attached hydrogens (tertiary/aromatic N) is 2. The molecule has 3 rings (SSSR count). The van der Waals surface area contributed by atoms with E-state index in [4.69, 9.17) is 4.74 Å². The van der Waals surface area contributed by atoms with Crippen molar-refractivity contribution in [3.8, 4) is 11.3 Å². The fraction of sp³-hybridized carbons (Fsp3) is 0.421. The van der Waals surface area contributed by atoms with E-state index in [0.29, 0.717) is 17.8 Å². The summed E-state index contributed by atoms with van der Waals surface area (Å²) in [5.74, 6) is 0.590. The van der Waals surface area contributed by atoms with Gasteiger partial charge in [-0.2, -0.15) is 0 Å². The highest BCUT2D eigenvalue weighted by atomic mass is 16.5. The Morgan fingerprint density at radius 3 is 3.00 bits per heavy atom. The van der Waals surface area contributed by atoms with Crippen LogP contribution in [0, 0.1) is 6.92 Å². The van der Waals surface area contributed by atoms with Crippen molar-refractivity contribution in [1.82, 2.24) is 15.3 Å². The molecule has 0 aliphatic carbocycles. The van der Waals surface area contributed by atoms with Crippen LogP contribution in [-0.2, 0) is 11.2 Å². The molecule has 5 nitrogen and oxygen atoms in total. The molecular weight excluding hydrogens is 302 g/mol. The summed E-state index contributed by atoms with van der Waals surface area (Å²) >= 11 is 0. The van der Waals surface area contributed by atoms with Crippen LogP contribution in [0.5, 0.6) is 0 Å². The van der Waals surface area contributed by atoms with Crippen LogP contribution in [0.2, 0.25) is 0 Å². The lowest BCUT2D eigenvalue weighted by Gasteiger charge is -2.13. The minimum absolute atomic E-state index is 0.118. The first kappa shape index (κ1) is 16.6.